The summed E-state index contributed by atoms with van der Waals surface area (Å²) in [4.78, 5) is 13.0. The van der Waals surface area contributed by atoms with Crippen LogP contribution < -0.4 is 0 Å². The van der Waals surface area contributed by atoms with E-state index >= 15 is 0 Å². The van der Waals surface area contributed by atoms with Gasteiger partial charge in [0.25, 0.3) is 5.70 Å². The third-order valence-electron chi connectivity index (χ3n) is 2.26. The summed E-state index contributed by atoms with van der Waals surface area (Å²) in [5, 5.41) is 19.4. The van der Waals surface area contributed by atoms with Gasteiger partial charge in [-0.3, -0.25) is 10.1 Å². The maximum atomic E-state index is 10.6. The Hall–Kier alpha value is -2.35. The molecular weight excluding hydrogens is 194 g/mol. The van der Waals surface area contributed by atoms with Gasteiger partial charge in [-0.25, -0.2) is 0 Å². The van der Waals surface area contributed by atoms with E-state index < -0.39 is 4.92 Å². The van der Waals surface area contributed by atoms with Crippen molar-refractivity contribution in [2.75, 3.05) is 0 Å². The highest BCUT2D eigenvalue weighted by atomic mass is 16.6. The van der Waals surface area contributed by atoms with E-state index in [1.165, 1.54) is 12.2 Å². The van der Waals surface area contributed by atoms with E-state index in [2.05, 4.69) is 4.98 Å². The van der Waals surface area contributed by atoms with Crippen LogP contribution in [0.2, 0.25) is 0 Å². The highest BCUT2D eigenvalue weighted by molar-refractivity contribution is 5.60. The number of H-pyrrole nitrogens is 1. The van der Waals surface area contributed by atoms with Crippen LogP contribution in [0.1, 0.15) is 16.8 Å². The number of rotatable bonds is 1. The van der Waals surface area contributed by atoms with E-state index in [9.17, 15) is 10.1 Å². The lowest BCUT2D eigenvalue weighted by atomic mass is 10.1. The van der Waals surface area contributed by atoms with Gasteiger partial charge in [-0.05, 0) is 12.0 Å². The second kappa shape index (κ2) is 3.42. The average Bonchev–Trinajstić information content (AvgIpc) is 2.46. The molecule has 0 unspecified atom stereocenters. The minimum atomic E-state index is -0.446. The molecule has 1 aromatic heterocycles. The molecule has 0 atom stereocenters. The molecular formula is C10H7N3O2. The molecule has 5 heteroatoms. The Bertz CT molecular complexity index is 517. The van der Waals surface area contributed by atoms with E-state index in [-0.39, 0.29) is 5.70 Å². The Morgan fingerprint density at radius 1 is 1.60 bits per heavy atom. The molecule has 1 aromatic rings. The van der Waals surface area contributed by atoms with Gasteiger partial charge < -0.3 is 4.98 Å². The molecule has 0 aliphatic heterocycles. The Morgan fingerprint density at radius 3 is 3.07 bits per heavy atom. The minimum absolute atomic E-state index is 0.0279. The third-order valence-corrected chi connectivity index (χ3v) is 2.26. The molecule has 0 saturated carbocycles. The molecule has 5 nitrogen and oxygen atoms in total. The van der Waals surface area contributed by atoms with Crippen molar-refractivity contribution in [3.05, 3.63) is 51.0 Å². The van der Waals surface area contributed by atoms with Crippen LogP contribution in [0.5, 0.6) is 0 Å². The van der Waals surface area contributed by atoms with Crippen molar-refractivity contribution in [3.8, 4) is 6.07 Å². The maximum absolute atomic E-state index is 10.6. The predicted octanol–water partition coefficient (Wildman–Crippen LogP) is 1.62. The van der Waals surface area contributed by atoms with Gasteiger partial charge in [0.05, 0.1) is 10.5 Å². The number of nitro groups is 1. The number of aromatic nitrogens is 1. The number of aromatic amines is 1. The second-order valence-corrected chi connectivity index (χ2v) is 3.14. The van der Waals surface area contributed by atoms with Crippen LogP contribution in [0.4, 0.5) is 0 Å². The number of allylic oxidation sites excluding steroid dienone is 2. The molecule has 74 valence electrons. The molecule has 0 saturated heterocycles. The van der Waals surface area contributed by atoms with E-state index in [0.717, 1.165) is 5.56 Å². The summed E-state index contributed by atoms with van der Waals surface area (Å²) in [6, 6.07) is 2.04. The summed E-state index contributed by atoms with van der Waals surface area (Å²) in [6.45, 7) is 0. The highest BCUT2D eigenvalue weighted by Gasteiger charge is 2.15. The first-order valence-electron chi connectivity index (χ1n) is 4.35. The van der Waals surface area contributed by atoms with Crippen molar-refractivity contribution >= 4 is 6.08 Å². The van der Waals surface area contributed by atoms with Crippen molar-refractivity contribution in [1.29, 1.82) is 5.26 Å². The summed E-state index contributed by atoms with van der Waals surface area (Å²) < 4.78 is 0. The molecule has 1 aliphatic carbocycles. The molecule has 0 spiro atoms. The fraction of sp³-hybridized carbons (Fsp3) is 0.100. The molecule has 0 amide bonds. The van der Waals surface area contributed by atoms with E-state index in [0.29, 0.717) is 17.7 Å². The molecule has 0 radical (unpaired) electrons. The molecule has 0 fully saturated rings. The normalized spacial score (nSPS) is 13.7. The van der Waals surface area contributed by atoms with Gasteiger partial charge in [0.15, 0.2) is 0 Å². The van der Waals surface area contributed by atoms with Gasteiger partial charge in [0, 0.05) is 24.0 Å². The number of fused-ring (bicyclic) bond motifs is 1. The molecule has 2 rings (SSSR count). The first-order chi connectivity index (χ1) is 7.22. The zero-order valence-corrected chi connectivity index (χ0v) is 7.73. The maximum Gasteiger partial charge on any atom is 0.271 e. The van der Waals surface area contributed by atoms with Gasteiger partial charge >= 0.3 is 0 Å². The second-order valence-electron chi connectivity index (χ2n) is 3.14. The van der Waals surface area contributed by atoms with Crippen molar-refractivity contribution in [2.45, 2.75) is 6.42 Å². The molecule has 0 aromatic carbocycles. The number of nitrogens with one attached hydrogen (secondary N) is 1. The summed E-state index contributed by atoms with van der Waals surface area (Å²) in [6.07, 6.45) is 6.69. The van der Waals surface area contributed by atoms with Gasteiger partial charge in [0.2, 0.25) is 0 Å². The number of nitriles is 1. The van der Waals surface area contributed by atoms with Crippen LogP contribution in [-0.2, 0) is 6.42 Å². The Balaban J connectivity index is 2.54. The van der Waals surface area contributed by atoms with E-state index in [1.807, 2.05) is 6.07 Å². The molecule has 1 aliphatic rings. The third kappa shape index (κ3) is 1.53. The highest BCUT2D eigenvalue weighted by Crippen LogP contribution is 2.21. The van der Waals surface area contributed by atoms with Crippen molar-refractivity contribution in [1.82, 2.24) is 4.98 Å². The van der Waals surface area contributed by atoms with Gasteiger partial charge in [0.1, 0.15) is 6.07 Å². The average molecular weight is 201 g/mol. The SMILES string of the molecule is N#Cc1c[nH]c2c1CC=CC([N+](=O)[O-])=C2. The number of nitrogens with zero attached hydrogens (tertiary/aromatic N) is 2. The Labute approximate surface area is 85.5 Å². The monoisotopic (exact) mass is 201 g/mol. The van der Waals surface area contributed by atoms with E-state index in [4.69, 9.17) is 5.26 Å². The summed E-state index contributed by atoms with van der Waals surface area (Å²) >= 11 is 0. The van der Waals surface area contributed by atoms with Crippen molar-refractivity contribution in [3.63, 3.8) is 0 Å². The summed E-state index contributed by atoms with van der Waals surface area (Å²) in [5.74, 6) is 0. The number of hydrogen-bond acceptors (Lipinski definition) is 3. The van der Waals surface area contributed by atoms with Crippen LogP contribution in [0.15, 0.2) is 24.0 Å². The van der Waals surface area contributed by atoms with Crippen LogP contribution in [0, 0.1) is 21.4 Å². The molecule has 0 bridgehead atoms. The van der Waals surface area contributed by atoms with Crippen LogP contribution in [-0.4, -0.2) is 9.91 Å². The predicted molar refractivity (Wildman–Crippen MR) is 53.3 cm³/mol. The first kappa shape index (κ1) is 9.21. The van der Waals surface area contributed by atoms with Crippen LogP contribution >= 0.6 is 0 Å². The lowest BCUT2D eigenvalue weighted by Gasteiger charge is -1.92. The zero-order valence-electron chi connectivity index (χ0n) is 7.73. The first-order valence-corrected chi connectivity index (χ1v) is 4.35. The summed E-state index contributed by atoms with van der Waals surface area (Å²) in [5.41, 5.74) is 2.02. The fourth-order valence-corrected chi connectivity index (χ4v) is 1.52. The molecule has 1 N–H and O–H groups in total. The topological polar surface area (TPSA) is 82.7 Å². The summed E-state index contributed by atoms with van der Waals surface area (Å²) in [7, 11) is 0. The quantitative estimate of drug-likeness (QED) is 0.553. The zero-order chi connectivity index (χ0) is 10.8. The number of hydrogen-bond donors (Lipinski definition) is 1. The van der Waals surface area contributed by atoms with Gasteiger partial charge in [-0.2, -0.15) is 5.26 Å². The minimum Gasteiger partial charge on any atom is -0.360 e. The van der Waals surface area contributed by atoms with Crippen LogP contribution in [0.25, 0.3) is 6.08 Å². The van der Waals surface area contributed by atoms with Gasteiger partial charge in [-0.1, -0.05) is 6.08 Å². The largest absolute Gasteiger partial charge is 0.360 e. The van der Waals surface area contributed by atoms with Crippen molar-refractivity contribution in [2.24, 2.45) is 0 Å². The smallest absolute Gasteiger partial charge is 0.271 e. The fourth-order valence-electron chi connectivity index (χ4n) is 1.52. The van der Waals surface area contributed by atoms with Crippen molar-refractivity contribution < 1.29 is 4.92 Å². The van der Waals surface area contributed by atoms with Crippen LogP contribution in [0.3, 0.4) is 0 Å². The Kier molecular flexibility index (Phi) is 2.10. The lowest BCUT2D eigenvalue weighted by Crippen LogP contribution is -1.94. The Morgan fingerprint density at radius 2 is 2.40 bits per heavy atom. The van der Waals surface area contributed by atoms with E-state index in [1.54, 1.807) is 12.3 Å². The van der Waals surface area contributed by atoms with Gasteiger partial charge in [-0.15, -0.1) is 0 Å². The molecule has 1 heterocycles. The molecule has 15 heavy (non-hydrogen) atoms. The lowest BCUT2D eigenvalue weighted by molar-refractivity contribution is -0.417. The standard InChI is InChI=1S/C10H7N3O2/c11-5-7-6-12-10-4-8(13(14)15)2-1-3-9(7)10/h1-2,4,6,12H,3H2.